The zero-order valence-electron chi connectivity index (χ0n) is 14.9. The summed E-state index contributed by atoms with van der Waals surface area (Å²) in [6.45, 7) is 5.47. The molecule has 2 aromatic rings. The molecule has 0 saturated carbocycles. The van der Waals surface area contributed by atoms with Gasteiger partial charge < -0.3 is 15.5 Å². The highest BCUT2D eigenvalue weighted by Gasteiger charge is 2.10. The molecule has 9 heteroatoms. The molecule has 2 rings (SSSR count). The molecule has 0 saturated heterocycles. The summed E-state index contributed by atoms with van der Waals surface area (Å²) >= 11 is 10.2. The van der Waals surface area contributed by atoms with Crippen molar-refractivity contribution in [3.05, 3.63) is 67.7 Å². The fourth-order valence-electron chi connectivity index (χ4n) is 2.07. The Bertz CT molecular complexity index is 903. The van der Waals surface area contributed by atoms with E-state index in [0.717, 1.165) is 19.0 Å². The van der Waals surface area contributed by atoms with Gasteiger partial charge in [-0.05, 0) is 68.6 Å². The van der Waals surface area contributed by atoms with Gasteiger partial charge in [-0.25, -0.2) is 0 Å². The Morgan fingerprint density at radius 3 is 2.43 bits per heavy atom. The van der Waals surface area contributed by atoms with Crippen molar-refractivity contribution in [1.82, 2.24) is 10.9 Å². The van der Waals surface area contributed by atoms with E-state index in [1.807, 2.05) is 37.3 Å². The predicted octanol–water partition coefficient (Wildman–Crippen LogP) is 4.82. The number of rotatable bonds is 8. The van der Waals surface area contributed by atoms with Gasteiger partial charge in [-0.2, -0.15) is 0 Å². The van der Waals surface area contributed by atoms with Crippen LogP contribution in [0.25, 0.3) is 0 Å². The van der Waals surface area contributed by atoms with Crippen LogP contribution in [0.1, 0.15) is 12.0 Å². The van der Waals surface area contributed by atoms with Crippen LogP contribution < -0.4 is 20.9 Å². The number of anilines is 1. The number of nitrogens with one attached hydrogen (secondary N) is 3. The van der Waals surface area contributed by atoms with Gasteiger partial charge in [0.05, 0.1) is 16.6 Å². The van der Waals surface area contributed by atoms with Crippen molar-refractivity contribution in [3.8, 4) is 5.75 Å². The molecule has 0 radical (unpaired) electrons. The number of ether oxygens (including phenoxy) is 1. The van der Waals surface area contributed by atoms with Gasteiger partial charge in [-0.1, -0.05) is 34.6 Å². The average molecular weight is 576 g/mol. The molecule has 0 unspecified atom stereocenters. The summed E-state index contributed by atoms with van der Waals surface area (Å²) < 4.78 is 7.96. The standard InChI is InChI=1S/C19H18Br3N3O3/c1-11-7-17(15(22)9-14(11)21)28-10-19(27)25-24-12(2)8-18(26)23-16-6-4-3-5-13(16)20/h3-7,9,24H,2,8,10H2,1H3,(H,23,26)(H,25,27). The van der Waals surface area contributed by atoms with Crippen LogP contribution in [0.2, 0.25) is 0 Å². The first kappa shape index (κ1) is 22.4. The number of amides is 2. The molecule has 0 aromatic heterocycles. The van der Waals surface area contributed by atoms with Crippen molar-refractivity contribution in [2.45, 2.75) is 13.3 Å². The first-order valence-corrected chi connectivity index (χ1v) is 10.5. The Morgan fingerprint density at radius 2 is 1.71 bits per heavy atom. The lowest BCUT2D eigenvalue weighted by atomic mass is 10.2. The maximum atomic E-state index is 12.0. The van der Waals surface area contributed by atoms with Gasteiger partial charge in [-0.15, -0.1) is 0 Å². The number of halogens is 3. The number of benzene rings is 2. The van der Waals surface area contributed by atoms with Gasteiger partial charge in [0.1, 0.15) is 5.75 Å². The molecule has 2 amide bonds. The van der Waals surface area contributed by atoms with E-state index in [-0.39, 0.29) is 18.9 Å². The second kappa shape index (κ2) is 10.6. The smallest absolute Gasteiger partial charge is 0.276 e. The molecule has 0 atom stereocenters. The SMILES string of the molecule is C=C(CC(=O)Nc1ccccc1Br)NNC(=O)COc1cc(C)c(Br)cc1Br. The van der Waals surface area contributed by atoms with Crippen molar-refractivity contribution in [1.29, 1.82) is 0 Å². The lowest BCUT2D eigenvalue weighted by Crippen LogP contribution is -2.40. The van der Waals surface area contributed by atoms with Crippen LogP contribution in [0.15, 0.2) is 62.1 Å². The van der Waals surface area contributed by atoms with Crippen LogP contribution in [-0.2, 0) is 9.59 Å². The number of hydrogen-bond donors (Lipinski definition) is 3. The van der Waals surface area contributed by atoms with Gasteiger partial charge in [0.2, 0.25) is 5.91 Å². The first-order chi connectivity index (χ1) is 13.3. The van der Waals surface area contributed by atoms with E-state index in [0.29, 0.717) is 17.1 Å². The summed E-state index contributed by atoms with van der Waals surface area (Å²) in [5, 5.41) is 2.76. The number of carbonyl (C=O) groups excluding carboxylic acids is 2. The highest BCUT2D eigenvalue weighted by Crippen LogP contribution is 2.31. The molecular weight excluding hydrogens is 558 g/mol. The van der Waals surface area contributed by atoms with E-state index < -0.39 is 5.91 Å². The molecule has 6 nitrogen and oxygen atoms in total. The zero-order chi connectivity index (χ0) is 20.7. The summed E-state index contributed by atoms with van der Waals surface area (Å²) in [4.78, 5) is 24.0. The summed E-state index contributed by atoms with van der Waals surface area (Å²) in [6.07, 6.45) is -0.0000730. The van der Waals surface area contributed by atoms with E-state index in [4.69, 9.17) is 4.74 Å². The highest BCUT2D eigenvalue weighted by molar-refractivity contribution is 9.11. The quantitative estimate of drug-likeness (QED) is 0.394. The molecule has 0 aliphatic carbocycles. The van der Waals surface area contributed by atoms with Crippen LogP contribution >= 0.6 is 47.8 Å². The number of carbonyl (C=O) groups is 2. The van der Waals surface area contributed by atoms with Crippen molar-refractivity contribution in [3.63, 3.8) is 0 Å². The van der Waals surface area contributed by atoms with E-state index in [1.165, 1.54) is 0 Å². The van der Waals surface area contributed by atoms with Gasteiger partial charge in [0, 0.05) is 14.6 Å². The third-order valence-corrected chi connectivity index (χ3v) is 5.64. The van der Waals surface area contributed by atoms with Crippen LogP contribution in [0.5, 0.6) is 5.75 Å². The minimum atomic E-state index is -0.403. The third kappa shape index (κ3) is 6.96. The number of hydrazine groups is 1. The molecule has 148 valence electrons. The van der Waals surface area contributed by atoms with E-state index in [1.54, 1.807) is 6.07 Å². The largest absolute Gasteiger partial charge is 0.483 e. The summed E-state index contributed by atoms with van der Waals surface area (Å²) in [7, 11) is 0. The van der Waals surface area contributed by atoms with Crippen molar-refractivity contribution < 1.29 is 14.3 Å². The molecule has 0 bridgehead atoms. The normalized spacial score (nSPS) is 10.1. The molecule has 0 fully saturated rings. The Kier molecular flexibility index (Phi) is 8.53. The second-order valence-electron chi connectivity index (χ2n) is 5.80. The monoisotopic (exact) mass is 573 g/mol. The van der Waals surface area contributed by atoms with Crippen LogP contribution in [0, 0.1) is 6.92 Å². The van der Waals surface area contributed by atoms with Crippen LogP contribution in [0.4, 0.5) is 5.69 Å². The topological polar surface area (TPSA) is 79.5 Å². The Hall–Kier alpha value is -1.84. The lowest BCUT2D eigenvalue weighted by molar-refractivity contribution is -0.124. The molecule has 0 aliphatic rings. The minimum absolute atomic E-state index is 0.0000730. The molecule has 0 heterocycles. The molecule has 2 aromatic carbocycles. The van der Waals surface area contributed by atoms with Crippen LogP contribution in [0.3, 0.4) is 0 Å². The Labute approximate surface area is 188 Å². The van der Waals surface area contributed by atoms with Crippen molar-refractivity contribution in [2.75, 3.05) is 11.9 Å². The molecule has 0 aliphatic heterocycles. The zero-order valence-corrected chi connectivity index (χ0v) is 19.7. The van der Waals surface area contributed by atoms with Crippen molar-refractivity contribution >= 4 is 65.3 Å². The molecule has 28 heavy (non-hydrogen) atoms. The van der Waals surface area contributed by atoms with Crippen molar-refractivity contribution in [2.24, 2.45) is 0 Å². The fourth-order valence-corrected chi connectivity index (χ4v) is 3.57. The van der Waals surface area contributed by atoms with E-state index in [2.05, 4.69) is 70.5 Å². The molecule has 3 N–H and O–H groups in total. The second-order valence-corrected chi connectivity index (χ2v) is 8.37. The van der Waals surface area contributed by atoms with Gasteiger partial charge in [-0.3, -0.25) is 15.0 Å². The lowest BCUT2D eigenvalue weighted by Gasteiger charge is -2.13. The predicted molar refractivity (Wildman–Crippen MR) is 120 cm³/mol. The maximum absolute atomic E-state index is 12.0. The van der Waals surface area contributed by atoms with Gasteiger partial charge in [0.15, 0.2) is 6.61 Å². The minimum Gasteiger partial charge on any atom is -0.483 e. The molecule has 0 spiro atoms. The summed E-state index contributed by atoms with van der Waals surface area (Å²) in [5.41, 5.74) is 7.06. The number of para-hydroxylation sites is 1. The number of aryl methyl sites for hydroxylation is 1. The van der Waals surface area contributed by atoms with Crippen LogP contribution in [-0.4, -0.2) is 18.4 Å². The third-order valence-electron chi connectivity index (χ3n) is 3.47. The first-order valence-electron chi connectivity index (χ1n) is 8.11. The summed E-state index contributed by atoms with van der Waals surface area (Å²) in [5.74, 6) is -0.105. The Balaban J connectivity index is 1.75. The highest BCUT2D eigenvalue weighted by atomic mass is 79.9. The summed E-state index contributed by atoms with van der Waals surface area (Å²) in [6, 6.07) is 10.9. The maximum Gasteiger partial charge on any atom is 0.276 e. The number of hydrogen-bond acceptors (Lipinski definition) is 4. The van der Waals surface area contributed by atoms with E-state index in [9.17, 15) is 9.59 Å². The molecular formula is C19H18Br3N3O3. The van der Waals surface area contributed by atoms with Gasteiger partial charge in [0.25, 0.3) is 5.91 Å². The average Bonchev–Trinajstić information content (AvgIpc) is 2.63. The van der Waals surface area contributed by atoms with E-state index >= 15 is 0 Å². The Morgan fingerprint density at radius 1 is 1.00 bits per heavy atom. The van der Waals surface area contributed by atoms with Gasteiger partial charge >= 0.3 is 0 Å². The fraction of sp³-hybridized carbons (Fsp3) is 0.158.